The molecule has 1 saturated heterocycles. The van der Waals surface area contributed by atoms with E-state index in [1.807, 2.05) is 48.9 Å². The fourth-order valence-corrected chi connectivity index (χ4v) is 3.26. The van der Waals surface area contributed by atoms with Crippen LogP contribution in [0.5, 0.6) is 0 Å². The third-order valence-corrected chi connectivity index (χ3v) is 4.41. The Balaban J connectivity index is 1.66. The molecule has 134 valence electrons. The Bertz CT molecular complexity index is 726. The zero-order valence-electron chi connectivity index (χ0n) is 15.2. The van der Waals surface area contributed by atoms with E-state index in [4.69, 9.17) is 0 Å². The number of hydrogen-bond donors (Lipinski definition) is 0. The summed E-state index contributed by atoms with van der Waals surface area (Å²) in [6.07, 6.45) is 6.10. The van der Waals surface area contributed by atoms with Gasteiger partial charge in [-0.15, -0.1) is 0 Å². The van der Waals surface area contributed by atoms with E-state index in [1.165, 1.54) is 0 Å². The van der Waals surface area contributed by atoms with Gasteiger partial charge in [0.1, 0.15) is 0 Å². The van der Waals surface area contributed by atoms with Crippen molar-refractivity contribution >= 4 is 5.91 Å². The quantitative estimate of drug-likeness (QED) is 0.801. The minimum atomic E-state index is -0.00558. The van der Waals surface area contributed by atoms with Gasteiger partial charge in [-0.1, -0.05) is 0 Å². The van der Waals surface area contributed by atoms with Crippen molar-refractivity contribution in [1.29, 1.82) is 0 Å². The van der Waals surface area contributed by atoms with Crippen LogP contribution in [0.1, 0.15) is 42.5 Å². The lowest BCUT2D eigenvalue weighted by molar-refractivity contribution is -0.132. The van der Waals surface area contributed by atoms with E-state index in [0.717, 1.165) is 43.1 Å². The Kier molecular flexibility index (Phi) is 5.43. The number of likely N-dealkylation sites (tertiary alicyclic amines) is 1. The molecule has 1 amide bonds. The molecule has 0 saturated carbocycles. The summed E-state index contributed by atoms with van der Waals surface area (Å²) in [6, 6.07) is 3.88. The van der Waals surface area contributed by atoms with Gasteiger partial charge in [0, 0.05) is 38.4 Å². The molecule has 0 bridgehead atoms. The second kappa shape index (κ2) is 7.74. The molecule has 1 unspecified atom stereocenters. The first-order valence-corrected chi connectivity index (χ1v) is 8.79. The molecule has 1 atom stereocenters. The highest BCUT2D eigenvalue weighted by atomic mass is 16.2. The van der Waals surface area contributed by atoms with Crippen LogP contribution >= 0.6 is 0 Å². The van der Waals surface area contributed by atoms with Gasteiger partial charge in [0.15, 0.2) is 5.82 Å². The van der Waals surface area contributed by atoms with Crippen LogP contribution in [-0.2, 0) is 17.9 Å². The monoisotopic (exact) mass is 342 g/mol. The summed E-state index contributed by atoms with van der Waals surface area (Å²) in [5.41, 5.74) is 1.96. The summed E-state index contributed by atoms with van der Waals surface area (Å²) in [7, 11) is 4.04. The molecule has 0 spiro atoms. The normalized spacial score (nSPS) is 17.4. The molecule has 0 N–H and O–H groups in total. The smallest absolute Gasteiger partial charge is 0.225 e. The Morgan fingerprint density at radius 2 is 2.20 bits per heavy atom. The Morgan fingerprint density at radius 1 is 1.36 bits per heavy atom. The molecule has 0 aromatic carbocycles. The second-order valence-corrected chi connectivity index (χ2v) is 6.86. The molecule has 1 aliphatic heterocycles. The van der Waals surface area contributed by atoms with Gasteiger partial charge in [-0.2, -0.15) is 5.10 Å². The predicted molar refractivity (Wildman–Crippen MR) is 94.7 cm³/mol. The van der Waals surface area contributed by atoms with Crippen molar-refractivity contribution in [1.82, 2.24) is 29.5 Å². The standard InChI is InChI=1S/C18H26N6O/c1-14-7-11-23(21-14)12-8-17(25)24-10-4-5-16(24)18-19-9-6-15(20-18)13-22(2)3/h6-7,9,11,16H,4-5,8,10,12-13H2,1-3H3. The summed E-state index contributed by atoms with van der Waals surface area (Å²) in [6.45, 7) is 4.11. The number of carbonyl (C=O) groups is 1. The first-order valence-electron chi connectivity index (χ1n) is 8.79. The van der Waals surface area contributed by atoms with Crippen LogP contribution in [-0.4, -0.2) is 56.1 Å². The number of hydrogen-bond acceptors (Lipinski definition) is 5. The molecule has 25 heavy (non-hydrogen) atoms. The molecule has 7 heteroatoms. The van der Waals surface area contributed by atoms with Gasteiger partial charge in [0.2, 0.25) is 5.91 Å². The minimum Gasteiger partial charge on any atom is -0.332 e. The number of aromatic nitrogens is 4. The van der Waals surface area contributed by atoms with Crippen LogP contribution in [0.2, 0.25) is 0 Å². The van der Waals surface area contributed by atoms with E-state index in [-0.39, 0.29) is 11.9 Å². The summed E-state index contributed by atoms with van der Waals surface area (Å²) >= 11 is 0. The summed E-state index contributed by atoms with van der Waals surface area (Å²) in [5.74, 6) is 0.914. The Morgan fingerprint density at radius 3 is 2.92 bits per heavy atom. The molecule has 1 fully saturated rings. The molecule has 0 aliphatic carbocycles. The molecular formula is C18H26N6O. The van der Waals surface area contributed by atoms with Crippen molar-refractivity contribution < 1.29 is 4.79 Å². The molecule has 2 aromatic heterocycles. The molecule has 0 radical (unpaired) electrons. The van der Waals surface area contributed by atoms with Gasteiger partial charge in [0.25, 0.3) is 0 Å². The maximum atomic E-state index is 12.7. The number of aryl methyl sites for hydroxylation is 2. The highest BCUT2D eigenvalue weighted by molar-refractivity contribution is 5.76. The fourth-order valence-electron chi connectivity index (χ4n) is 3.26. The highest BCUT2D eigenvalue weighted by Gasteiger charge is 2.31. The number of amides is 1. The van der Waals surface area contributed by atoms with Crippen LogP contribution in [0.25, 0.3) is 0 Å². The van der Waals surface area contributed by atoms with Crippen molar-refractivity contribution in [3.63, 3.8) is 0 Å². The van der Waals surface area contributed by atoms with Crippen molar-refractivity contribution in [2.24, 2.45) is 0 Å². The van der Waals surface area contributed by atoms with Crippen molar-refractivity contribution in [2.45, 2.75) is 45.3 Å². The number of rotatable bonds is 6. The lowest BCUT2D eigenvalue weighted by Gasteiger charge is -2.24. The second-order valence-electron chi connectivity index (χ2n) is 6.86. The summed E-state index contributed by atoms with van der Waals surface area (Å²) in [4.78, 5) is 25.8. The molecular weight excluding hydrogens is 316 g/mol. The molecule has 7 nitrogen and oxygen atoms in total. The van der Waals surface area contributed by atoms with Crippen LogP contribution in [0.4, 0.5) is 0 Å². The third-order valence-electron chi connectivity index (χ3n) is 4.41. The first kappa shape index (κ1) is 17.5. The minimum absolute atomic E-state index is 0.00558. The Hall–Kier alpha value is -2.28. The van der Waals surface area contributed by atoms with E-state index in [2.05, 4.69) is 20.0 Å². The lowest BCUT2D eigenvalue weighted by Crippen LogP contribution is -2.32. The van der Waals surface area contributed by atoms with E-state index in [9.17, 15) is 4.79 Å². The largest absolute Gasteiger partial charge is 0.332 e. The van der Waals surface area contributed by atoms with E-state index in [1.54, 1.807) is 6.20 Å². The van der Waals surface area contributed by atoms with Gasteiger partial charge in [-0.3, -0.25) is 9.48 Å². The molecule has 3 heterocycles. The first-order chi connectivity index (χ1) is 12.0. The topological polar surface area (TPSA) is 67.2 Å². The van der Waals surface area contributed by atoms with Gasteiger partial charge < -0.3 is 9.80 Å². The molecule has 3 rings (SSSR count). The maximum Gasteiger partial charge on any atom is 0.225 e. The van der Waals surface area contributed by atoms with Crippen LogP contribution in [0, 0.1) is 6.92 Å². The number of carbonyl (C=O) groups excluding carboxylic acids is 1. The van der Waals surface area contributed by atoms with Crippen molar-refractivity contribution in [3.8, 4) is 0 Å². The zero-order chi connectivity index (χ0) is 17.8. The maximum absolute atomic E-state index is 12.7. The Labute approximate surface area is 148 Å². The predicted octanol–water partition coefficient (Wildman–Crippen LogP) is 1.80. The average Bonchev–Trinajstić information content (AvgIpc) is 3.21. The van der Waals surface area contributed by atoms with Gasteiger partial charge in [0.05, 0.1) is 17.4 Å². The van der Waals surface area contributed by atoms with Gasteiger partial charge in [-0.05, 0) is 46.0 Å². The van der Waals surface area contributed by atoms with Crippen LogP contribution in [0.3, 0.4) is 0 Å². The molecule has 1 aliphatic rings. The molecule has 2 aromatic rings. The van der Waals surface area contributed by atoms with Gasteiger partial charge >= 0.3 is 0 Å². The average molecular weight is 342 g/mol. The lowest BCUT2D eigenvalue weighted by atomic mass is 10.2. The van der Waals surface area contributed by atoms with Gasteiger partial charge in [-0.25, -0.2) is 9.97 Å². The zero-order valence-corrected chi connectivity index (χ0v) is 15.2. The third kappa shape index (κ3) is 4.42. The van der Waals surface area contributed by atoms with Crippen molar-refractivity contribution in [3.05, 3.63) is 41.7 Å². The van der Waals surface area contributed by atoms with Crippen LogP contribution < -0.4 is 0 Å². The SMILES string of the molecule is Cc1ccn(CCC(=O)N2CCCC2c2nccc(CN(C)C)n2)n1. The van der Waals surface area contributed by atoms with E-state index < -0.39 is 0 Å². The van der Waals surface area contributed by atoms with Crippen LogP contribution in [0.15, 0.2) is 24.5 Å². The summed E-state index contributed by atoms with van der Waals surface area (Å²) < 4.78 is 1.83. The van der Waals surface area contributed by atoms with Crippen molar-refractivity contribution in [2.75, 3.05) is 20.6 Å². The highest BCUT2D eigenvalue weighted by Crippen LogP contribution is 2.30. The summed E-state index contributed by atoms with van der Waals surface area (Å²) in [5, 5.41) is 4.34. The fraction of sp³-hybridized carbons (Fsp3) is 0.556. The van der Waals surface area contributed by atoms with E-state index >= 15 is 0 Å². The number of nitrogens with zero attached hydrogens (tertiary/aromatic N) is 6. The van der Waals surface area contributed by atoms with E-state index in [0.29, 0.717) is 13.0 Å².